The summed E-state index contributed by atoms with van der Waals surface area (Å²) in [6.45, 7) is 6.00. The van der Waals surface area contributed by atoms with E-state index in [2.05, 4.69) is 45.5 Å². The second-order valence-corrected chi connectivity index (χ2v) is 9.92. The van der Waals surface area contributed by atoms with E-state index in [0.29, 0.717) is 18.1 Å². The van der Waals surface area contributed by atoms with Crippen LogP contribution in [0.25, 0.3) is 0 Å². The van der Waals surface area contributed by atoms with Gasteiger partial charge in [0, 0.05) is 43.5 Å². The second kappa shape index (κ2) is 8.77. The molecule has 2 aliphatic heterocycles. The molecule has 1 saturated carbocycles. The molecule has 3 aliphatic rings. The Morgan fingerprint density at radius 1 is 1.03 bits per heavy atom. The third-order valence-electron chi connectivity index (χ3n) is 6.86. The number of hydrogen-bond acceptors (Lipinski definition) is 5. The Morgan fingerprint density at radius 3 is 2.33 bits per heavy atom. The maximum absolute atomic E-state index is 12.1. The van der Waals surface area contributed by atoms with Crippen molar-refractivity contribution in [1.29, 1.82) is 0 Å². The fourth-order valence-electron chi connectivity index (χ4n) is 5.35. The summed E-state index contributed by atoms with van der Waals surface area (Å²) in [7, 11) is 0. The van der Waals surface area contributed by atoms with E-state index in [1.54, 1.807) is 18.3 Å². The molecule has 1 amide bonds. The van der Waals surface area contributed by atoms with E-state index in [1.165, 1.54) is 37.8 Å². The molecule has 0 N–H and O–H groups in total. The number of thiazole rings is 1. The summed E-state index contributed by atoms with van der Waals surface area (Å²) in [6, 6.07) is 12.5. The Kier molecular flexibility index (Phi) is 5.89. The molecular formula is C24H32N4OS. The van der Waals surface area contributed by atoms with Crippen LogP contribution in [0.1, 0.15) is 56.7 Å². The molecule has 30 heavy (non-hydrogen) atoms. The van der Waals surface area contributed by atoms with Crippen LogP contribution in [0.15, 0.2) is 35.7 Å². The maximum Gasteiger partial charge on any atom is 0.225 e. The molecule has 2 saturated heterocycles. The van der Waals surface area contributed by atoms with Crippen LogP contribution in [-0.4, -0.2) is 51.9 Å². The van der Waals surface area contributed by atoms with Crippen LogP contribution in [0.4, 0.5) is 5.13 Å². The highest BCUT2D eigenvalue weighted by molar-refractivity contribution is 7.14. The van der Waals surface area contributed by atoms with Crippen molar-refractivity contribution in [3.63, 3.8) is 0 Å². The van der Waals surface area contributed by atoms with Gasteiger partial charge in [0.1, 0.15) is 0 Å². The molecule has 5 nitrogen and oxygen atoms in total. The monoisotopic (exact) mass is 424 g/mol. The Hall–Kier alpha value is -1.76. The average molecular weight is 425 g/mol. The maximum atomic E-state index is 12.1. The highest BCUT2D eigenvalue weighted by Gasteiger charge is 2.38. The summed E-state index contributed by atoms with van der Waals surface area (Å²) in [4.78, 5) is 24.2. The van der Waals surface area contributed by atoms with Gasteiger partial charge in [0.2, 0.25) is 5.91 Å². The van der Waals surface area contributed by atoms with Crippen LogP contribution < -0.4 is 4.90 Å². The number of amides is 1. The van der Waals surface area contributed by atoms with Gasteiger partial charge in [-0.25, -0.2) is 4.98 Å². The summed E-state index contributed by atoms with van der Waals surface area (Å²) >= 11 is 1.63. The number of benzene rings is 1. The topological polar surface area (TPSA) is 39.7 Å². The predicted molar refractivity (Wildman–Crippen MR) is 122 cm³/mol. The van der Waals surface area contributed by atoms with Gasteiger partial charge >= 0.3 is 0 Å². The third kappa shape index (κ3) is 4.32. The zero-order valence-corrected chi connectivity index (χ0v) is 18.7. The van der Waals surface area contributed by atoms with Crippen molar-refractivity contribution >= 4 is 22.4 Å². The first-order valence-electron chi connectivity index (χ1n) is 11.5. The summed E-state index contributed by atoms with van der Waals surface area (Å²) < 4.78 is 0. The first-order chi connectivity index (χ1) is 14.7. The van der Waals surface area contributed by atoms with E-state index >= 15 is 0 Å². The van der Waals surface area contributed by atoms with Crippen molar-refractivity contribution in [2.45, 2.75) is 76.7 Å². The minimum atomic E-state index is 0.125. The molecule has 3 heterocycles. The van der Waals surface area contributed by atoms with E-state index in [4.69, 9.17) is 4.98 Å². The number of anilines is 1. The lowest BCUT2D eigenvalue weighted by atomic mass is 10.0. The second-order valence-electron chi connectivity index (χ2n) is 9.09. The Labute approximate surface area is 183 Å². The summed E-state index contributed by atoms with van der Waals surface area (Å²) in [5.41, 5.74) is 2.55. The minimum Gasteiger partial charge on any atom is -0.295 e. The number of nitrogens with zero attached hydrogens (tertiary/aromatic N) is 4. The number of hydrogen-bond donors (Lipinski definition) is 0. The van der Waals surface area contributed by atoms with Gasteiger partial charge in [-0.1, -0.05) is 30.3 Å². The van der Waals surface area contributed by atoms with Gasteiger partial charge in [0.15, 0.2) is 5.13 Å². The van der Waals surface area contributed by atoms with E-state index in [0.717, 1.165) is 43.3 Å². The number of carbonyl (C=O) groups excluding carboxylic acids is 1. The van der Waals surface area contributed by atoms with E-state index in [9.17, 15) is 4.79 Å². The summed E-state index contributed by atoms with van der Waals surface area (Å²) in [6.07, 6.45) is 7.39. The van der Waals surface area contributed by atoms with Crippen LogP contribution in [0.5, 0.6) is 0 Å². The fourth-order valence-corrected chi connectivity index (χ4v) is 6.28. The quantitative estimate of drug-likeness (QED) is 0.665. The first-order valence-corrected chi connectivity index (χ1v) is 12.3. The molecule has 160 valence electrons. The summed E-state index contributed by atoms with van der Waals surface area (Å²) in [5.74, 6) is 0.125. The lowest BCUT2D eigenvalue weighted by Crippen LogP contribution is -2.45. The molecule has 1 aromatic heterocycles. The molecule has 0 radical (unpaired) electrons. The van der Waals surface area contributed by atoms with Gasteiger partial charge < -0.3 is 0 Å². The number of aromatic nitrogens is 1. The normalized spacial score (nSPS) is 25.1. The molecular weight excluding hydrogens is 392 g/mol. The molecule has 2 atom stereocenters. The smallest absolute Gasteiger partial charge is 0.225 e. The standard InChI is InChI=1S/C24H32N4OS/c1-18(29)28(21-11-12-21)24-25-20(17-30-24)16-27-14-6-10-23(27)22-9-5-13-26(22)15-19-7-3-2-4-8-19/h2-4,7-8,17,21-23H,5-6,9-16H2,1H3/t22-,23-/m1/s1. The van der Waals surface area contributed by atoms with Crippen molar-refractivity contribution < 1.29 is 4.79 Å². The first kappa shape index (κ1) is 20.2. The molecule has 1 aliphatic carbocycles. The van der Waals surface area contributed by atoms with E-state index < -0.39 is 0 Å². The van der Waals surface area contributed by atoms with Crippen LogP contribution in [-0.2, 0) is 17.9 Å². The van der Waals surface area contributed by atoms with Crippen molar-refractivity contribution in [2.24, 2.45) is 0 Å². The van der Waals surface area contributed by atoms with E-state index in [-0.39, 0.29) is 5.91 Å². The highest BCUT2D eigenvalue weighted by atomic mass is 32.1. The molecule has 3 fully saturated rings. The molecule has 6 heteroatoms. The predicted octanol–water partition coefficient (Wildman–Crippen LogP) is 4.29. The van der Waals surface area contributed by atoms with Crippen molar-refractivity contribution in [3.05, 3.63) is 47.0 Å². The number of likely N-dealkylation sites (tertiary alicyclic amines) is 2. The van der Waals surface area contributed by atoms with Gasteiger partial charge in [-0.2, -0.15) is 0 Å². The Balaban J connectivity index is 1.26. The third-order valence-corrected chi connectivity index (χ3v) is 7.75. The van der Waals surface area contributed by atoms with Gasteiger partial charge in [-0.05, 0) is 57.2 Å². The Morgan fingerprint density at radius 2 is 1.70 bits per heavy atom. The van der Waals surface area contributed by atoms with Gasteiger partial charge in [0.05, 0.1) is 5.69 Å². The Bertz CT molecular complexity index is 865. The minimum absolute atomic E-state index is 0.125. The molecule has 0 bridgehead atoms. The van der Waals surface area contributed by atoms with Crippen LogP contribution in [0, 0.1) is 0 Å². The lowest BCUT2D eigenvalue weighted by Gasteiger charge is -2.35. The molecule has 1 aromatic carbocycles. The molecule has 2 aromatic rings. The van der Waals surface area contributed by atoms with E-state index in [1.807, 2.05) is 4.90 Å². The SMILES string of the molecule is CC(=O)N(c1nc(CN2CCC[C@@H]2[C@H]2CCCN2Cc2ccccc2)cs1)C1CC1. The van der Waals surface area contributed by atoms with Crippen molar-refractivity contribution in [1.82, 2.24) is 14.8 Å². The van der Waals surface area contributed by atoms with Crippen LogP contribution in [0.3, 0.4) is 0 Å². The zero-order valence-electron chi connectivity index (χ0n) is 17.9. The average Bonchev–Trinajstić information content (AvgIpc) is 3.10. The molecule has 5 rings (SSSR count). The number of rotatable bonds is 7. The summed E-state index contributed by atoms with van der Waals surface area (Å²) in [5, 5.41) is 3.06. The van der Waals surface area contributed by atoms with Gasteiger partial charge in [-0.15, -0.1) is 11.3 Å². The van der Waals surface area contributed by atoms with Crippen LogP contribution in [0.2, 0.25) is 0 Å². The highest BCUT2D eigenvalue weighted by Crippen LogP contribution is 2.35. The zero-order chi connectivity index (χ0) is 20.5. The molecule has 0 unspecified atom stereocenters. The number of carbonyl (C=O) groups is 1. The van der Waals surface area contributed by atoms with Crippen molar-refractivity contribution in [3.8, 4) is 0 Å². The van der Waals surface area contributed by atoms with Crippen molar-refractivity contribution in [2.75, 3.05) is 18.0 Å². The van der Waals surface area contributed by atoms with Crippen LogP contribution >= 0.6 is 11.3 Å². The lowest BCUT2D eigenvalue weighted by molar-refractivity contribution is -0.116. The molecule has 0 spiro atoms. The fraction of sp³-hybridized carbons (Fsp3) is 0.583. The van der Waals surface area contributed by atoms with Gasteiger partial charge in [-0.3, -0.25) is 19.5 Å². The van der Waals surface area contributed by atoms with Gasteiger partial charge in [0.25, 0.3) is 0 Å². The largest absolute Gasteiger partial charge is 0.295 e.